The van der Waals surface area contributed by atoms with Crippen molar-refractivity contribution in [2.45, 2.75) is 20.8 Å². The molecule has 1 amide bonds. The van der Waals surface area contributed by atoms with Gasteiger partial charge in [-0.25, -0.2) is 4.98 Å². The van der Waals surface area contributed by atoms with E-state index in [4.69, 9.17) is 4.42 Å². The van der Waals surface area contributed by atoms with Gasteiger partial charge < -0.3 is 4.42 Å². The third-order valence-electron chi connectivity index (χ3n) is 3.18. The normalized spacial score (nSPS) is 10.7. The van der Waals surface area contributed by atoms with Crippen LogP contribution in [0.4, 0.5) is 5.13 Å². The van der Waals surface area contributed by atoms with E-state index in [-0.39, 0.29) is 5.91 Å². The van der Waals surface area contributed by atoms with Crippen molar-refractivity contribution in [1.82, 2.24) is 15.2 Å². The molecule has 0 atom stereocenters. The summed E-state index contributed by atoms with van der Waals surface area (Å²) in [6, 6.07) is 7.11. The molecule has 3 rings (SSSR count). The number of hydrogen-bond donors (Lipinski definition) is 1. The van der Waals surface area contributed by atoms with Crippen molar-refractivity contribution in [3.63, 3.8) is 0 Å². The van der Waals surface area contributed by atoms with Crippen molar-refractivity contribution in [3.8, 4) is 11.5 Å². The maximum absolute atomic E-state index is 12.5. The Bertz CT molecular complexity index is 818. The number of hydrogen-bond acceptors (Lipinski definition) is 6. The zero-order valence-corrected chi connectivity index (χ0v) is 13.2. The van der Waals surface area contributed by atoms with E-state index in [0.717, 1.165) is 10.6 Å². The molecule has 1 aromatic carbocycles. The van der Waals surface area contributed by atoms with E-state index in [1.165, 1.54) is 11.3 Å². The topological polar surface area (TPSA) is 80.9 Å². The fraction of sp³-hybridized carbons (Fsp3) is 0.200. The van der Waals surface area contributed by atoms with Gasteiger partial charge in [-0.05, 0) is 26.0 Å². The van der Waals surface area contributed by atoms with Gasteiger partial charge in [-0.15, -0.1) is 21.5 Å². The van der Waals surface area contributed by atoms with Crippen LogP contribution in [0.25, 0.3) is 11.5 Å². The molecule has 6 nitrogen and oxygen atoms in total. The minimum atomic E-state index is -0.250. The Morgan fingerprint density at radius 2 is 1.95 bits per heavy atom. The fourth-order valence-electron chi connectivity index (χ4n) is 1.96. The molecular formula is C15H14N4O2S. The number of thiazole rings is 1. The van der Waals surface area contributed by atoms with Crippen LogP contribution < -0.4 is 5.32 Å². The highest BCUT2D eigenvalue weighted by molar-refractivity contribution is 7.15. The van der Waals surface area contributed by atoms with Gasteiger partial charge in [-0.1, -0.05) is 12.1 Å². The molecule has 0 saturated heterocycles. The Morgan fingerprint density at radius 3 is 2.59 bits per heavy atom. The van der Waals surface area contributed by atoms with Gasteiger partial charge in [0, 0.05) is 11.8 Å². The van der Waals surface area contributed by atoms with Crippen LogP contribution in [0.3, 0.4) is 0 Å². The van der Waals surface area contributed by atoms with Crippen molar-refractivity contribution < 1.29 is 9.21 Å². The second-order valence-electron chi connectivity index (χ2n) is 4.79. The van der Waals surface area contributed by atoms with Gasteiger partial charge >= 0.3 is 0 Å². The second kappa shape index (κ2) is 5.69. The molecular weight excluding hydrogens is 300 g/mol. The van der Waals surface area contributed by atoms with Crippen LogP contribution in [0, 0.1) is 20.8 Å². The van der Waals surface area contributed by atoms with Gasteiger partial charge in [0.2, 0.25) is 11.8 Å². The van der Waals surface area contributed by atoms with Crippen LogP contribution in [0.1, 0.15) is 26.8 Å². The molecule has 0 aliphatic carbocycles. The van der Waals surface area contributed by atoms with E-state index in [1.54, 1.807) is 25.1 Å². The van der Waals surface area contributed by atoms with E-state index >= 15 is 0 Å². The van der Waals surface area contributed by atoms with Crippen LogP contribution in [0.15, 0.2) is 28.7 Å². The number of rotatable bonds is 3. The van der Waals surface area contributed by atoms with E-state index in [0.29, 0.717) is 28.0 Å². The molecule has 3 aromatic rings. The lowest BCUT2D eigenvalue weighted by molar-refractivity contribution is 0.102. The Hall–Kier alpha value is -2.54. The molecule has 22 heavy (non-hydrogen) atoms. The first kappa shape index (κ1) is 14.4. The van der Waals surface area contributed by atoms with Crippen LogP contribution in [0.5, 0.6) is 0 Å². The monoisotopic (exact) mass is 314 g/mol. The number of carbonyl (C=O) groups is 1. The number of aryl methyl sites for hydroxylation is 3. The molecule has 7 heteroatoms. The maximum Gasteiger partial charge on any atom is 0.258 e. The van der Waals surface area contributed by atoms with E-state index in [2.05, 4.69) is 20.5 Å². The molecule has 0 radical (unpaired) electrons. The van der Waals surface area contributed by atoms with Gasteiger partial charge in [0.05, 0.1) is 16.8 Å². The van der Waals surface area contributed by atoms with Crippen molar-refractivity contribution in [1.29, 1.82) is 0 Å². The minimum Gasteiger partial charge on any atom is -0.421 e. The number of benzene rings is 1. The Balaban J connectivity index is 1.93. The first-order valence-electron chi connectivity index (χ1n) is 6.69. The van der Waals surface area contributed by atoms with Crippen molar-refractivity contribution in [2.24, 2.45) is 0 Å². The number of nitrogens with one attached hydrogen (secondary N) is 1. The van der Waals surface area contributed by atoms with Crippen LogP contribution in [-0.2, 0) is 0 Å². The Labute approximate surface area is 131 Å². The van der Waals surface area contributed by atoms with Gasteiger partial charge in [0.15, 0.2) is 5.13 Å². The van der Waals surface area contributed by atoms with Crippen LogP contribution in [0.2, 0.25) is 0 Å². The predicted octanol–water partition coefficient (Wildman–Crippen LogP) is 3.37. The van der Waals surface area contributed by atoms with Gasteiger partial charge in [-0.2, -0.15) is 0 Å². The molecule has 2 heterocycles. The summed E-state index contributed by atoms with van der Waals surface area (Å²) in [6.07, 6.45) is 0. The van der Waals surface area contributed by atoms with E-state index < -0.39 is 0 Å². The first-order valence-corrected chi connectivity index (χ1v) is 7.51. The Morgan fingerprint density at radius 1 is 1.18 bits per heavy atom. The summed E-state index contributed by atoms with van der Waals surface area (Å²) in [5.41, 5.74) is 1.99. The summed E-state index contributed by atoms with van der Waals surface area (Å²) in [4.78, 5) is 17.9. The van der Waals surface area contributed by atoms with E-state index in [1.807, 2.05) is 19.9 Å². The molecule has 0 unspecified atom stereocenters. The molecule has 2 aromatic heterocycles. The molecule has 0 saturated carbocycles. The molecule has 1 N–H and O–H groups in total. The highest BCUT2D eigenvalue weighted by atomic mass is 32.1. The molecule has 0 aliphatic rings. The fourth-order valence-corrected chi connectivity index (χ4v) is 2.77. The summed E-state index contributed by atoms with van der Waals surface area (Å²) in [7, 11) is 0. The summed E-state index contributed by atoms with van der Waals surface area (Å²) >= 11 is 1.45. The maximum atomic E-state index is 12.5. The Kier molecular flexibility index (Phi) is 3.72. The largest absolute Gasteiger partial charge is 0.421 e. The highest BCUT2D eigenvalue weighted by Crippen LogP contribution is 2.25. The molecule has 0 fully saturated rings. The lowest BCUT2D eigenvalue weighted by Crippen LogP contribution is -2.13. The SMILES string of the molecule is Cc1nnc(-c2ccccc2C(=O)Nc2nc(C)c(C)s2)o1. The van der Waals surface area contributed by atoms with Crippen molar-refractivity contribution >= 4 is 22.4 Å². The average Bonchev–Trinajstić information content (AvgIpc) is 3.05. The average molecular weight is 314 g/mol. The zero-order valence-electron chi connectivity index (χ0n) is 12.4. The van der Waals surface area contributed by atoms with Gasteiger partial charge in [0.25, 0.3) is 5.91 Å². The summed E-state index contributed by atoms with van der Waals surface area (Å²) in [5.74, 6) is 0.534. The lowest BCUT2D eigenvalue weighted by Gasteiger charge is -2.05. The standard InChI is InChI=1S/C15H14N4O2S/c1-8-9(2)22-15(16-8)17-13(20)11-6-4-5-7-12(11)14-19-18-10(3)21-14/h4-7H,1-3H3,(H,16,17,20). The molecule has 112 valence electrons. The zero-order chi connectivity index (χ0) is 15.7. The lowest BCUT2D eigenvalue weighted by atomic mass is 10.1. The minimum absolute atomic E-state index is 0.250. The van der Waals surface area contributed by atoms with Crippen molar-refractivity contribution in [3.05, 3.63) is 46.3 Å². The number of anilines is 1. The molecule has 0 aliphatic heterocycles. The number of nitrogens with zero attached hydrogens (tertiary/aromatic N) is 3. The van der Waals surface area contributed by atoms with E-state index in [9.17, 15) is 4.79 Å². The van der Waals surface area contributed by atoms with Gasteiger partial charge in [-0.3, -0.25) is 10.1 Å². The van der Waals surface area contributed by atoms with Gasteiger partial charge in [0.1, 0.15) is 0 Å². The van der Waals surface area contributed by atoms with Crippen LogP contribution in [-0.4, -0.2) is 21.1 Å². The van der Waals surface area contributed by atoms with Crippen molar-refractivity contribution in [2.75, 3.05) is 5.32 Å². The number of aromatic nitrogens is 3. The smallest absolute Gasteiger partial charge is 0.258 e. The predicted molar refractivity (Wildman–Crippen MR) is 84.0 cm³/mol. The second-order valence-corrected chi connectivity index (χ2v) is 5.99. The first-order chi connectivity index (χ1) is 10.5. The molecule has 0 bridgehead atoms. The third-order valence-corrected chi connectivity index (χ3v) is 4.17. The summed E-state index contributed by atoms with van der Waals surface area (Å²) in [5, 5.41) is 11.2. The number of carbonyl (C=O) groups excluding carboxylic acids is 1. The number of amides is 1. The highest BCUT2D eigenvalue weighted by Gasteiger charge is 2.17. The summed E-state index contributed by atoms with van der Waals surface area (Å²) < 4.78 is 5.42. The third kappa shape index (κ3) is 2.75. The quantitative estimate of drug-likeness (QED) is 0.801. The summed E-state index contributed by atoms with van der Waals surface area (Å²) in [6.45, 7) is 5.59. The van der Waals surface area contributed by atoms with Crippen LogP contribution >= 0.6 is 11.3 Å². The molecule has 0 spiro atoms.